The third-order valence-electron chi connectivity index (χ3n) is 7.13. The Labute approximate surface area is 230 Å². The second kappa shape index (κ2) is 12.0. The van der Waals surface area contributed by atoms with Gasteiger partial charge in [-0.15, -0.1) is 10.2 Å². The van der Waals surface area contributed by atoms with Crippen LogP contribution in [0.4, 0.5) is 14.5 Å². The number of fused-ring (bicyclic) bond motifs is 1. The number of hydrogen-bond acceptors (Lipinski definition) is 9. The zero-order valence-corrected chi connectivity index (χ0v) is 22.7. The van der Waals surface area contributed by atoms with Gasteiger partial charge in [-0.05, 0) is 25.0 Å². The minimum Gasteiger partial charge on any atom is -0.379 e. The zero-order valence-electron chi connectivity index (χ0n) is 21.0. The van der Waals surface area contributed by atoms with E-state index in [2.05, 4.69) is 26.3 Å². The SMILES string of the molecule is N#CC1COC1.NS(=O)c1cc(N2CCN(C(=O)C3CCCC3)CC2)c2cnn(-c3nnc(C(F)F)s3)c2c1. The summed E-state index contributed by atoms with van der Waals surface area (Å²) in [6.45, 7) is 3.75. The summed E-state index contributed by atoms with van der Waals surface area (Å²) in [5.41, 5.74) is 1.35. The summed E-state index contributed by atoms with van der Waals surface area (Å²) in [5, 5.41) is 26.0. The number of carbonyl (C=O) groups is 1. The maximum atomic E-state index is 13.0. The first-order chi connectivity index (χ1) is 18.9. The van der Waals surface area contributed by atoms with E-state index in [-0.39, 0.29) is 22.9 Å². The van der Waals surface area contributed by atoms with Gasteiger partial charge < -0.3 is 14.5 Å². The topological polar surface area (TPSA) is 143 Å². The maximum Gasteiger partial charge on any atom is 0.291 e. The van der Waals surface area contributed by atoms with E-state index in [1.54, 1.807) is 18.3 Å². The Kier molecular flexibility index (Phi) is 8.46. The highest BCUT2D eigenvalue weighted by Crippen LogP contribution is 2.34. The molecular weight excluding hydrogens is 550 g/mol. The van der Waals surface area contributed by atoms with Crippen LogP contribution in [0.2, 0.25) is 0 Å². The van der Waals surface area contributed by atoms with E-state index in [1.165, 1.54) is 4.68 Å². The fourth-order valence-electron chi connectivity index (χ4n) is 4.92. The second-order valence-corrected chi connectivity index (χ2v) is 11.7. The number of carbonyl (C=O) groups excluding carboxylic acids is 1. The Bertz CT molecular complexity index is 1390. The first-order valence-electron chi connectivity index (χ1n) is 12.7. The van der Waals surface area contributed by atoms with Gasteiger partial charge >= 0.3 is 0 Å². The second-order valence-electron chi connectivity index (χ2n) is 9.61. The summed E-state index contributed by atoms with van der Waals surface area (Å²) in [6, 6.07) is 5.47. The molecule has 2 aliphatic heterocycles. The average molecular weight is 579 g/mol. The van der Waals surface area contributed by atoms with Crippen LogP contribution in [-0.4, -0.2) is 74.4 Å². The fourth-order valence-corrected chi connectivity index (χ4v) is 6.05. The highest BCUT2D eigenvalue weighted by Gasteiger charge is 2.30. The molecule has 1 atom stereocenters. The number of amides is 1. The van der Waals surface area contributed by atoms with E-state index in [4.69, 9.17) is 15.1 Å². The lowest BCUT2D eigenvalue weighted by molar-refractivity contribution is -0.135. The quantitative estimate of drug-likeness (QED) is 0.487. The van der Waals surface area contributed by atoms with Crippen LogP contribution in [0.1, 0.15) is 37.1 Å². The van der Waals surface area contributed by atoms with Gasteiger partial charge in [0.25, 0.3) is 6.43 Å². The van der Waals surface area contributed by atoms with E-state index in [9.17, 15) is 17.8 Å². The predicted molar refractivity (Wildman–Crippen MR) is 141 cm³/mol. The largest absolute Gasteiger partial charge is 0.379 e. The number of anilines is 1. The third-order valence-corrected chi connectivity index (χ3v) is 8.73. The van der Waals surface area contributed by atoms with Crippen molar-refractivity contribution in [2.24, 2.45) is 17.0 Å². The number of ether oxygens (including phenoxy) is 1. The minimum absolute atomic E-state index is 0.148. The molecule has 3 aromatic rings. The lowest BCUT2D eigenvalue weighted by atomic mass is 10.1. The summed E-state index contributed by atoms with van der Waals surface area (Å²) in [6.07, 6.45) is 3.10. The monoisotopic (exact) mass is 578 g/mol. The van der Waals surface area contributed by atoms with Gasteiger partial charge in [0.2, 0.25) is 11.0 Å². The van der Waals surface area contributed by atoms with Crippen molar-refractivity contribution in [3.05, 3.63) is 23.3 Å². The van der Waals surface area contributed by atoms with Gasteiger partial charge in [-0.3, -0.25) is 4.79 Å². The molecule has 1 aliphatic carbocycles. The molecule has 3 aliphatic rings. The molecule has 15 heteroatoms. The van der Waals surface area contributed by atoms with Gasteiger partial charge in [0.05, 0.1) is 41.8 Å². The first kappa shape index (κ1) is 27.5. The Morgan fingerprint density at radius 3 is 2.44 bits per heavy atom. The van der Waals surface area contributed by atoms with Crippen molar-refractivity contribution in [3.8, 4) is 11.2 Å². The Morgan fingerprint density at radius 2 is 1.90 bits per heavy atom. The predicted octanol–water partition coefficient (Wildman–Crippen LogP) is 2.79. The van der Waals surface area contributed by atoms with Crippen LogP contribution in [0.15, 0.2) is 23.2 Å². The number of benzene rings is 1. The van der Waals surface area contributed by atoms with Crippen LogP contribution in [0.5, 0.6) is 0 Å². The molecule has 6 rings (SSSR count). The highest BCUT2D eigenvalue weighted by molar-refractivity contribution is 7.82. The Morgan fingerprint density at radius 1 is 1.18 bits per heavy atom. The molecule has 0 spiro atoms. The standard InChI is InChI=1S/C20H23F2N7O2S2.C4H5NO/c21-17(22)18-25-26-20(32-18)29-16-10-13(33(23)31)9-15(14(16)11-24-29)27-5-7-28(8-6-27)19(30)12-3-1-2-4-12;5-1-4-2-6-3-4/h9-12,17H,1-8,23H2;4H,2-3H2. The number of halogens is 2. The molecule has 4 heterocycles. The van der Waals surface area contributed by atoms with Crippen molar-refractivity contribution in [1.82, 2.24) is 24.9 Å². The maximum absolute atomic E-state index is 13.0. The molecule has 208 valence electrons. The number of nitrogens with zero attached hydrogens (tertiary/aromatic N) is 7. The molecule has 1 aromatic carbocycles. The van der Waals surface area contributed by atoms with Crippen LogP contribution in [-0.2, 0) is 20.5 Å². The molecule has 1 saturated carbocycles. The zero-order chi connectivity index (χ0) is 27.5. The van der Waals surface area contributed by atoms with Crippen molar-refractivity contribution in [3.63, 3.8) is 0 Å². The Hall–Kier alpha value is -3.06. The van der Waals surface area contributed by atoms with Crippen LogP contribution in [0, 0.1) is 23.2 Å². The number of rotatable bonds is 5. The van der Waals surface area contributed by atoms with E-state index >= 15 is 0 Å². The normalized spacial score (nSPS) is 19.1. The van der Waals surface area contributed by atoms with E-state index in [1.807, 2.05) is 4.90 Å². The summed E-state index contributed by atoms with van der Waals surface area (Å²) in [4.78, 5) is 17.2. The van der Waals surface area contributed by atoms with Crippen LogP contribution >= 0.6 is 11.3 Å². The number of nitriles is 1. The first-order valence-corrected chi connectivity index (χ1v) is 14.7. The van der Waals surface area contributed by atoms with Gasteiger partial charge in [-0.1, -0.05) is 24.2 Å². The molecule has 39 heavy (non-hydrogen) atoms. The third kappa shape index (κ3) is 5.93. The molecule has 1 unspecified atom stereocenters. The van der Waals surface area contributed by atoms with E-state index in [0.717, 1.165) is 48.1 Å². The van der Waals surface area contributed by atoms with Crippen LogP contribution in [0.25, 0.3) is 16.0 Å². The lowest BCUT2D eigenvalue weighted by Gasteiger charge is -2.37. The smallest absolute Gasteiger partial charge is 0.291 e. The van der Waals surface area contributed by atoms with Gasteiger partial charge in [-0.2, -0.15) is 10.4 Å². The van der Waals surface area contributed by atoms with Gasteiger partial charge in [0.15, 0.2) is 5.01 Å². The van der Waals surface area contributed by atoms with E-state index < -0.39 is 22.4 Å². The van der Waals surface area contributed by atoms with Crippen LogP contribution in [0.3, 0.4) is 0 Å². The summed E-state index contributed by atoms with van der Waals surface area (Å²) >= 11 is 0.748. The summed E-state index contributed by atoms with van der Waals surface area (Å²) in [7, 11) is -1.75. The van der Waals surface area contributed by atoms with Gasteiger partial charge in [-0.25, -0.2) is 22.8 Å². The number of hydrogen-bond donors (Lipinski definition) is 1. The highest BCUT2D eigenvalue weighted by atomic mass is 32.2. The van der Waals surface area contributed by atoms with Crippen molar-refractivity contribution >= 4 is 44.8 Å². The van der Waals surface area contributed by atoms with Crippen LogP contribution < -0.4 is 10.0 Å². The summed E-state index contributed by atoms with van der Waals surface area (Å²) in [5.74, 6) is 0.590. The lowest BCUT2D eigenvalue weighted by Crippen LogP contribution is -2.50. The number of nitrogens with two attached hydrogens (primary N) is 1. The van der Waals surface area contributed by atoms with E-state index in [0.29, 0.717) is 49.8 Å². The average Bonchev–Trinajstić information content (AvgIpc) is 3.68. The molecule has 0 radical (unpaired) electrons. The minimum atomic E-state index is -2.72. The molecular formula is C24H28F2N8O3S2. The molecule has 2 N–H and O–H groups in total. The molecule has 0 bridgehead atoms. The molecule has 11 nitrogen and oxygen atoms in total. The molecule has 2 aromatic heterocycles. The summed E-state index contributed by atoms with van der Waals surface area (Å²) < 4.78 is 44.2. The van der Waals surface area contributed by atoms with Crippen molar-refractivity contribution in [1.29, 1.82) is 5.26 Å². The van der Waals surface area contributed by atoms with Gasteiger partial charge in [0.1, 0.15) is 11.0 Å². The van der Waals surface area contributed by atoms with Crippen molar-refractivity contribution in [2.75, 3.05) is 44.3 Å². The number of alkyl halides is 2. The molecule has 3 fully saturated rings. The number of piperazine rings is 1. The molecule has 1 amide bonds. The Balaban J connectivity index is 0.000000455. The van der Waals surface area contributed by atoms with Crippen molar-refractivity contribution in [2.45, 2.75) is 37.0 Å². The van der Waals surface area contributed by atoms with Gasteiger partial charge in [0, 0.05) is 43.2 Å². The fraction of sp³-hybridized carbons (Fsp3) is 0.542. The molecule has 2 saturated heterocycles. The number of aromatic nitrogens is 4. The van der Waals surface area contributed by atoms with Crippen molar-refractivity contribution < 1.29 is 22.5 Å².